The number of ether oxygens (including phenoxy) is 2. The number of carbonyl (C=O) groups is 1. The van der Waals surface area contributed by atoms with Crippen LogP contribution in [0.1, 0.15) is 43.7 Å². The molecule has 0 aliphatic carbocycles. The van der Waals surface area contributed by atoms with Gasteiger partial charge in [0.05, 0.1) is 18.6 Å². The number of H-pyrrole nitrogens is 1. The van der Waals surface area contributed by atoms with Gasteiger partial charge in [0.15, 0.2) is 23.1 Å². The molecule has 1 saturated heterocycles. The highest BCUT2D eigenvalue weighted by Crippen LogP contribution is 2.36. The van der Waals surface area contributed by atoms with Crippen LogP contribution in [0.15, 0.2) is 30.6 Å². The lowest BCUT2D eigenvalue weighted by Crippen LogP contribution is -2.45. The van der Waals surface area contributed by atoms with E-state index in [9.17, 15) is 18.0 Å². The lowest BCUT2D eigenvalue weighted by atomic mass is 9.95. The van der Waals surface area contributed by atoms with Gasteiger partial charge in [0, 0.05) is 25.2 Å². The number of hydrogen-bond donors (Lipinski definition) is 1. The van der Waals surface area contributed by atoms with Crippen LogP contribution in [0.4, 0.5) is 13.2 Å². The van der Waals surface area contributed by atoms with Gasteiger partial charge in [-0.25, -0.2) is 18.2 Å². The normalized spacial score (nSPS) is 15.3. The zero-order chi connectivity index (χ0) is 22.2. The molecule has 0 spiro atoms. The number of nitrogens with zero attached hydrogens (tertiary/aromatic N) is 1. The van der Waals surface area contributed by atoms with Gasteiger partial charge in [0.25, 0.3) is 0 Å². The van der Waals surface area contributed by atoms with Crippen LogP contribution in [0.3, 0.4) is 0 Å². The van der Waals surface area contributed by atoms with Crippen LogP contribution in [0, 0.1) is 11.6 Å². The van der Waals surface area contributed by atoms with Crippen molar-refractivity contribution in [2.24, 2.45) is 0 Å². The topological polar surface area (TPSA) is 64.2 Å². The van der Waals surface area contributed by atoms with Crippen LogP contribution in [0.5, 0.6) is 11.5 Å². The first kappa shape index (κ1) is 21.4. The predicted molar refractivity (Wildman–Crippen MR) is 109 cm³/mol. The summed E-state index contributed by atoms with van der Waals surface area (Å²) < 4.78 is 53.8. The van der Waals surface area contributed by atoms with Crippen molar-refractivity contribution in [2.75, 3.05) is 13.2 Å². The maximum Gasteiger partial charge on any atom is 0.198 e. The van der Waals surface area contributed by atoms with Crippen molar-refractivity contribution in [1.82, 2.24) is 9.97 Å². The first-order valence-corrected chi connectivity index (χ1v) is 10.2. The Bertz CT molecular complexity index is 1100. The fourth-order valence-electron chi connectivity index (χ4n) is 3.66. The van der Waals surface area contributed by atoms with Gasteiger partial charge in [-0.1, -0.05) is 13.8 Å². The van der Waals surface area contributed by atoms with Gasteiger partial charge in [-0.2, -0.15) is 0 Å². The summed E-state index contributed by atoms with van der Waals surface area (Å²) in [5, 5.41) is 0.663. The summed E-state index contributed by atoms with van der Waals surface area (Å²) in [6.45, 7) is 3.96. The molecular formula is C23H23F3N2O3. The lowest BCUT2D eigenvalue weighted by Gasteiger charge is -2.33. The molecule has 3 aromatic rings. The van der Waals surface area contributed by atoms with E-state index in [1.807, 2.05) is 13.8 Å². The second-order valence-electron chi connectivity index (χ2n) is 8.28. The fourth-order valence-corrected chi connectivity index (χ4v) is 3.66. The van der Waals surface area contributed by atoms with E-state index in [1.54, 1.807) is 12.3 Å². The molecule has 8 heteroatoms. The summed E-state index contributed by atoms with van der Waals surface area (Å²) in [6, 6.07) is 3.70. The second kappa shape index (κ2) is 8.34. The summed E-state index contributed by atoms with van der Waals surface area (Å²) in [5.41, 5.74) is 0.192. The highest BCUT2D eigenvalue weighted by Gasteiger charge is 2.38. The van der Waals surface area contributed by atoms with Crippen molar-refractivity contribution in [1.29, 1.82) is 0 Å². The van der Waals surface area contributed by atoms with Gasteiger partial charge in [-0.05, 0) is 41.7 Å². The summed E-state index contributed by atoms with van der Waals surface area (Å²) >= 11 is 0. The zero-order valence-electron chi connectivity index (χ0n) is 17.3. The van der Waals surface area contributed by atoms with Crippen LogP contribution in [0.25, 0.3) is 11.0 Å². The van der Waals surface area contributed by atoms with Crippen molar-refractivity contribution in [3.8, 4) is 11.5 Å². The monoisotopic (exact) mass is 432 g/mol. The standard InChI is InChI=1S/C23H23F3N2O3/c1-13(2)16-10-28-22-20(16)19(4-6-27-22)31-21-17(24)8-14(9-18(21)25)7-15(29)3-5-23(26)11-30-12-23/h4,6,8-10,13H,3,5,7,11-12H2,1-2H3,(H,27,28). The third kappa shape index (κ3) is 4.44. The first-order valence-electron chi connectivity index (χ1n) is 10.2. The zero-order valence-corrected chi connectivity index (χ0v) is 17.3. The van der Waals surface area contributed by atoms with Crippen molar-refractivity contribution in [3.05, 3.63) is 53.4 Å². The number of rotatable bonds is 8. The number of halogens is 3. The number of alkyl halides is 1. The summed E-state index contributed by atoms with van der Waals surface area (Å²) in [6.07, 6.45) is 3.15. The molecule has 164 valence electrons. The molecule has 2 aromatic heterocycles. The number of ketones is 1. The quantitative estimate of drug-likeness (QED) is 0.519. The number of benzene rings is 1. The van der Waals surface area contributed by atoms with E-state index in [0.29, 0.717) is 11.0 Å². The highest BCUT2D eigenvalue weighted by molar-refractivity contribution is 5.87. The lowest BCUT2D eigenvalue weighted by molar-refractivity contribution is -0.139. The molecule has 0 atom stereocenters. The number of hydrogen-bond acceptors (Lipinski definition) is 4. The minimum atomic E-state index is -1.47. The third-order valence-electron chi connectivity index (χ3n) is 5.43. The average molecular weight is 432 g/mol. The number of pyridine rings is 1. The van der Waals surface area contributed by atoms with Crippen molar-refractivity contribution < 1.29 is 27.4 Å². The number of Topliss-reactive ketones (excluding diaryl/α,β-unsaturated/α-hetero) is 1. The van der Waals surface area contributed by atoms with E-state index in [2.05, 4.69) is 9.97 Å². The summed E-state index contributed by atoms with van der Waals surface area (Å²) in [4.78, 5) is 19.4. The molecule has 3 heterocycles. The smallest absolute Gasteiger partial charge is 0.198 e. The number of aromatic amines is 1. The number of carbonyl (C=O) groups excluding carboxylic acids is 1. The molecule has 1 aliphatic heterocycles. The van der Waals surface area contributed by atoms with Crippen LogP contribution < -0.4 is 4.74 Å². The van der Waals surface area contributed by atoms with E-state index in [4.69, 9.17) is 9.47 Å². The van der Waals surface area contributed by atoms with Gasteiger partial charge >= 0.3 is 0 Å². The molecule has 0 amide bonds. The van der Waals surface area contributed by atoms with Gasteiger partial charge < -0.3 is 14.5 Å². The van der Waals surface area contributed by atoms with Crippen molar-refractivity contribution >= 4 is 16.8 Å². The van der Waals surface area contributed by atoms with E-state index >= 15 is 0 Å². The van der Waals surface area contributed by atoms with E-state index in [1.165, 1.54) is 6.20 Å². The maximum absolute atomic E-state index is 14.7. The maximum atomic E-state index is 14.7. The number of aromatic nitrogens is 2. The molecule has 1 fully saturated rings. The van der Waals surface area contributed by atoms with Gasteiger partial charge in [-0.3, -0.25) is 4.79 Å². The Balaban J connectivity index is 1.52. The molecule has 0 radical (unpaired) electrons. The molecule has 4 rings (SSSR count). The van der Waals surface area contributed by atoms with E-state index < -0.39 is 23.1 Å². The van der Waals surface area contributed by atoms with Crippen molar-refractivity contribution in [3.63, 3.8) is 0 Å². The fraction of sp³-hybridized carbons (Fsp3) is 0.391. The molecule has 1 N–H and O–H groups in total. The van der Waals surface area contributed by atoms with Crippen LogP contribution in [-0.4, -0.2) is 34.6 Å². The number of fused-ring (bicyclic) bond motifs is 1. The van der Waals surface area contributed by atoms with Crippen LogP contribution in [0.2, 0.25) is 0 Å². The van der Waals surface area contributed by atoms with Gasteiger partial charge in [0.2, 0.25) is 0 Å². The molecule has 0 unspecified atom stereocenters. The molecule has 5 nitrogen and oxygen atoms in total. The molecule has 1 aromatic carbocycles. The molecule has 31 heavy (non-hydrogen) atoms. The Morgan fingerprint density at radius 3 is 2.61 bits per heavy atom. The molecule has 0 saturated carbocycles. The third-order valence-corrected chi connectivity index (χ3v) is 5.43. The Hall–Kier alpha value is -2.87. The van der Waals surface area contributed by atoms with E-state index in [-0.39, 0.29) is 55.5 Å². The van der Waals surface area contributed by atoms with Crippen LogP contribution in [-0.2, 0) is 16.0 Å². The van der Waals surface area contributed by atoms with Crippen molar-refractivity contribution in [2.45, 2.75) is 44.7 Å². The Morgan fingerprint density at radius 1 is 1.29 bits per heavy atom. The molecule has 1 aliphatic rings. The SMILES string of the molecule is CC(C)c1c[nH]c2nccc(Oc3c(F)cc(CC(=O)CCC4(F)COC4)cc3F)c12. The van der Waals surface area contributed by atoms with Gasteiger partial charge in [-0.15, -0.1) is 0 Å². The Morgan fingerprint density at radius 2 is 2.00 bits per heavy atom. The Labute approximate surface area is 177 Å². The second-order valence-corrected chi connectivity index (χ2v) is 8.28. The number of nitrogens with one attached hydrogen (secondary N) is 1. The highest BCUT2D eigenvalue weighted by atomic mass is 19.1. The predicted octanol–water partition coefficient (Wildman–Crippen LogP) is 5.39. The summed E-state index contributed by atoms with van der Waals surface area (Å²) in [5.74, 6) is -2.23. The minimum Gasteiger partial charge on any atom is -0.450 e. The molecular weight excluding hydrogens is 409 g/mol. The molecule has 0 bridgehead atoms. The Kier molecular flexibility index (Phi) is 5.75. The van der Waals surface area contributed by atoms with Gasteiger partial charge in [0.1, 0.15) is 17.2 Å². The van der Waals surface area contributed by atoms with E-state index in [0.717, 1.165) is 17.7 Å². The van der Waals surface area contributed by atoms with Crippen LogP contribution >= 0.6 is 0 Å². The summed E-state index contributed by atoms with van der Waals surface area (Å²) in [7, 11) is 0. The largest absolute Gasteiger partial charge is 0.450 e. The minimum absolute atomic E-state index is 0.0121. The average Bonchev–Trinajstić information content (AvgIpc) is 3.13. The first-order chi connectivity index (χ1) is 14.8.